The van der Waals surface area contributed by atoms with Crippen LogP contribution in [0.25, 0.3) is 11.4 Å². The summed E-state index contributed by atoms with van der Waals surface area (Å²) in [6.45, 7) is 4.54. The SMILES string of the molecule is CCn1c(-c2ccccc2)nn(CC(=O)N(C)Cc2snnc2C)c1=O. The minimum Gasteiger partial charge on any atom is -0.339 e. The van der Waals surface area contributed by atoms with Crippen LogP contribution in [-0.2, 0) is 24.4 Å². The van der Waals surface area contributed by atoms with Gasteiger partial charge in [0.05, 0.1) is 17.1 Å². The predicted molar refractivity (Wildman–Crippen MR) is 98.7 cm³/mol. The molecule has 0 aliphatic carbocycles. The second-order valence-electron chi connectivity index (χ2n) is 5.91. The Morgan fingerprint density at radius 1 is 1.27 bits per heavy atom. The number of benzene rings is 1. The van der Waals surface area contributed by atoms with Crippen molar-refractivity contribution in [1.29, 1.82) is 0 Å². The van der Waals surface area contributed by atoms with Gasteiger partial charge in [0.25, 0.3) is 0 Å². The average molecular weight is 372 g/mol. The van der Waals surface area contributed by atoms with Gasteiger partial charge in [0, 0.05) is 19.2 Å². The fourth-order valence-electron chi connectivity index (χ4n) is 2.58. The molecule has 0 aliphatic heterocycles. The van der Waals surface area contributed by atoms with E-state index in [0.29, 0.717) is 18.9 Å². The van der Waals surface area contributed by atoms with E-state index >= 15 is 0 Å². The highest BCUT2D eigenvalue weighted by Crippen LogP contribution is 2.15. The highest BCUT2D eigenvalue weighted by atomic mass is 32.1. The number of carbonyl (C=O) groups is 1. The number of rotatable bonds is 6. The molecule has 3 aromatic rings. The maximum absolute atomic E-state index is 12.6. The van der Waals surface area contributed by atoms with Crippen LogP contribution in [0.3, 0.4) is 0 Å². The molecule has 0 saturated carbocycles. The van der Waals surface area contributed by atoms with E-state index in [1.807, 2.05) is 44.2 Å². The molecule has 1 aromatic carbocycles. The van der Waals surface area contributed by atoms with E-state index in [-0.39, 0.29) is 18.1 Å². The second kappa shape index (κ2) is 7.61. The zero-order valence-electron chi connectivity index (χ0n) is 14.9. The van der Waals surface area contributed by atoms with Gasteiger partial charge in [-0.2, -0.15) is 0 Å². The fraction of sp³-hybridized carbons (Fsp3) is 0.353. The highest BCUT2D eigenvalue weighted by Gasteiger charge is 2.18. The number of aromatic nitrogens is 5. The summed E-state index contributed by atoms with van der Waals surface area (Å²) in [5.74, 6) is 0.372. The van der Waals surface area contributed by atoms with Gasteiger partial charge in [-0.3, -0.25) is 9.36 Å². The van der Waals surface area contributed by atoms with Crippen LogP contribution in [0.4, 0.5) is 0 Å². The van der Waals surface area contributed by atoms with Gasteiger partial charge in [-0.25, -0.2) is 9.48 Å². The lowest BCUT2D eigenvalue weighted by molar-refractivity contribution is -0.131. The Hall–Kier alpha value is -2.81. The number of aryl methyl sites for hydroxylation is 1. The monoisotopic (exact) mass is 372 g/mol. The van der Waals surface area contributed by atoms with Crippen molar-refractivity contribution in [1.82, 2.24) is 28.8 Å². The summed E-state index contributed by atoms with van der Waals surface area (Å²) >= 11 is 1.27. The molecule has 2 heterocycles. The van der Waals surface area contributed by atoms with Crippen molar-refractivity contribution in [3.05, 3.63) is 51.4 Å². The van der Waals surface area contributed by atoms with Crippen LogP contribution in [-0.4, -0.2) is 41.8 Å². The standard InChI is InChI=1S/C17H20N6O2S/c1-4-22-16(13-8-6-5-7-9-13)19-23(17(22)25)11-15(24)21(3)10-14-12(2)18-20-26-14/h5-9H,4,10-11H2,1-3H3. The normalized spacial score (nSPS) is 10.9. The van der Waals surface area contributed by atoms with Crippen LogP contribution in [0.2, 0.25) is 0 Å². The van der Waals surface area contributed by atoms with E-state index < -0.39 is 0 Å². The molecular weight excluding hydrogens is 352 g/mol. The number of amides is 1. The Kier molecular flexibility index (Phi) is 5.27. The van der Waals surface area contributed by atoms with Gasteiger partial charge >= 0.3 is 5.69 Å². The van der Waals surface area contributed by atoms with Gasteiger partial charge in [0.15, 0.2) is 5.82 Å². The number of likely N-dealkylation sites (N-methyl/N-ethyl adjacent to an activating group) is 1. The van der Waals surface area contributed by atoms with Crippen LogP contribution in [0.1, 0.15) is 17.5 Å². The van der Waals surface area contributed by atoms with Gasteiger partial charge in [-0.05, 0) is 25.4 Å². The quantitative estimate of drug-likeness (QED) is 0.655. The van der Waals surface area contributed by atoms with Crippen molar-refractivity contribution in [2.24, 2.45) is 0 Å². The number of hydrogen-bond donors (Lipinski definition) is 0. The number of nitrogens with zero attached hydrogens (tertiary/aromatic N) is 6. The first-order chi connectivity index (χ1) is 12.5. The molecule has 26 heavy (non-hydrogen) atoms. The molecule has 9 heteroatoms. The Morgan fingerprint density at radius 2 is 2.00 bits per heavy atom. The summed E-state index contributed by atoms with van der Waals surface area (Å²) in [4.78, 5) is 27.6. The van der Waals surface area contributed by atoms with E-state index in [9.17, 15) is 9.59 Å². The van der Waals surface area contributed by atoms with E-state index in [4.69, 9.17) is 0 Å². The van der Waals surface area contributed by atoms with E-state index in [1.54, 1.807) is 16.5 Å². The Bertz CT molecular complexity index is 959. The lowest BCUT2D eigenvalue weighted by atomic mass is 10.2. The van der Waals surface area contributed by atoms with Crippen molar-refractivity contribution in [3.63, 3.8) is 0 Å². The molecule has 0 spiro atoms. The summed E-state index contributed by atoms with van der Waals surface area (Å²) in [5.41, 5.74) is 1.37. The van der Waals surface area contributed by atoms with Crippen LogP contribution in [0.15, 0.2) is 35.1 Å². The fourth-order valence-corrected chi connectivity index (χ4v) is 3.26. The summed E-state index contributed by atoms with van der Waals surface area (Å²) in [5, 5.41) is 8.33. The minimum atomic E-state index is -0.288. The van der Waals surface area contributed by atoms with Crippen molar-refractivity contribution in [2.45, 2.75) is 33.5 Å². The molecule has 0 aliphatic rings. The Morgan fingerprint density at radius 3 is 2.62 bits per heavy atom. The molecule has 2 aromatic heterocycles. The molecule has 0 bridgehead atoms. The van der Waals surface area contributed by atoms with E-state index in [1.165, 1.54) is 16.2 Å². The third-order valence-electron chi connectivity index (χ3n) is 4.11. The van der Waals surface area contributed by atoms with E-state index in [2.05, 4.69) is 14.7 Å². The first-order valence-electron chi connectivity index (χ1n) is 8.26. The van der Waals surface area contributed by atoms with Gasteiger partial charge in [-0.1, -0.05) is 34.8 Å². The first kappa shape index (κ1) is 18.0. The van der Waals surface area contributed by atoms with E-state index in [0.717, 1.165) is 16.1 Å². The average Bonchev–Trinajstić information content (AvgIpc) is 3.19. The van der Waals surface area contributed by atoms with Crippen LogP contribution in [0.5, 0.6) is 0 Å². The lowest BCUT2D eigenvalue weighted by Crippen LogP contribution is -2.34. The van der Waals surface area contributed by atoms with Crippen molar-refractivity contribution < 1.29 is 4.79 Å². The summed E-state index contributed by atoms with van der Waals surface area (Å²) in [6.07, 6.45) is 0. The largest absolute Gasteiger partial charge is 0.346 e. The van der Waals surface area contributed by atoms with Crippen LogP contribution in [0, 0.1) is 6.92 Å². The van der Waals surface area contributed by atoms with Crippen molar-refractivity contribution >= 4 is 17.4 Å². The molecule has 1 amide bonds. The minimum absolute atomic E-state index is 0.104. The smallest absolute Gasteiger partial charge is 0.339 e. The molecule has 0 radical (unpaired) electrons. The topological polar surface area (TPSA) is 85.9 Å². The lowest BCUT2D eigenvalue weighted by Gasteiger charge is -2.15. The van der Waals surface area contributed by atoms with Gasteiger partial charge in [-0.15, -0.1) is 10.2 Å². The maximum atomic E-state index is 12.6. The molecule has 8 nitrogen and oxygen atoms in total. The molecule has 136 valence electrons. The molecule has 3 rings (SSSR count). The zero-order valence-corrected chi connectivity index (χ0v) is 15.7. The zero-order chi connectivity index (χ0) is 18.7. The predicted octanol–water partition coefficient (Wildman–Crippen LogP) is 1.55. The van der Waals surface area contributed by atoms with Crippen molar-refractivity contribution in [2.75, 3.05) is 7.05 Å². The summed E-state index contributed by atoms with van der Waals surface area (Å²) < 4.78 is 6.67. The third-order valence-corrected chi connectivity index (χ3v) is 4.92. The third kappa shape index (κ3) is 3.57. The highest BCUT2D eigenvalue weighted by molar-refractivity contribution is 7.05. The van der Waals surface area contributed by atoms with Crippen LogP contribution < -0.4 is 5.69 Å². The number of hydrogen-bond acceptors (Lipinski definition) is 6. The van der Waals surface area contributed by atoms with Gasteiger partial charge < -0.3 is 4.90 Å². The van der Waals surface area contributed by atoms with Crippen molar-refractivity contribution in [3.8, 4) is 11.4 Å². The molecular formula is C17H20N6O2S. The van der Waals surface area contributed by atoms with Gasteiger partial charge in [0.1, 0.15) is 6.54 Å². The van der Waals surface area contributed by atoms with Gasteiger partial charge in [0.2, 0.25) is 5.91 Å². The molecule has 0 saturated heterocycles. The molecule has 0 N–H and O–H groups in total. The van der Waals surface area contributed by atoms with Crippen LogP contribution >= 0.6 is 11.5 Å². The Balaban J connectivity index is 1.81. The summed E-state index contributed by atoms with van der Waals surface area (Å²) in [7, 11) is 1.70. The molecule has 0 fully saturated rings. The molecule has 0 unspecified atom stereocenters. The Labute approximate surface area is 154 Å². The number of carbonyl (C=O) groups excluding carboxylic acids is 1. The maximum Gasteiger partial charge on any atom is 0.346 e. The second-order valence-corrected chi connectivity index (χ2v) is 6.74. The molecule has 0 atom stereocenters. The first-order valence-corrected chi connectivity index (χ1v) is 9.03. The summed E-state index contributed by atoms with van der Waals surface area (Å²) in [6, 6.07) is 9.48.